The molecule has 0 aliphatic rings. The maximum Gasteiger partial charge on any atom is 0.410 e. The highest BCUT2D eigenvalue weighted by Crippen LogP contribution is 2.18. The van der Waals surface area contributed by atoms with Crippen LogP contribution in [0.1, 0.15) is 27.7 Å². The summed E-state index contributed by atoms with van der Waals surface area (Å²) in [6.07, 6.45) is 1.65. The number of carbonyl (C=O) groups excluding carboxylic acids is 1. The van der Waals surface area contributed by atoms with E-state index in [-0.39, 0.29) is 6.09 Å². The van der Waals surface area contributed by atoms with Crippen molar-refractivity contribution in [2.45, 2.75) is 33.3 Å². The van der Waals surface area contributed by atoms with E-state index in [4.69, 9.17) is 9.47 Å². The third kappa shape index (κ3) is 7.93. The van der Waals surface area contributed by atoms with Gasteiger partial charge in [0.1, 0.15) is 18.0 Å². The molecule has 1 aromatic rings. The van der Waals surface area contributed by atoms with Crippen LogP contribution in [-0.4, -0.2) is 48.1 Å². The van der Waals surface area contributed by atoms with Crippen molar-refractivity contribution in [3.05, 3.63) is 24.3 Å². The summed E-state index contributed by atoms with van der Waals surface area (Å²) in [5.41, 5.74) is 2.18. The zero-order valence-electron chi connectivity index (χ0n) is 14.5. The van der Waals surface area contributed by atoms with Gasteiger partial charge < -0.3 is 14.4 Å². The topological polar surface area (TPSA) is 51.1 Å². The molecule has 0 aliphatic heterocycles. The van der Waals surface area contributed by atoms with Crippen LogP contribution in [0.25, 0.3) is 0 Å². The van der Waals surface area contributed by atoms with Gasteiger partial charge in [-0.25, -0.2) is 4.79 Å². The third-order valence-electron chi connectivity index (χ3n) is 2.81. The van der Waals surface area contributed by atoms with Gasteiger partial charge in [0.25, 0.3) is 0 Å². The van der Waals surface area contributed by atoms with Crippen LogP contribution in [0, 0.1) is 0 Å². The minimum atomic E-state index is -0.488. The second-order valence-corrected chi connectivity index (χ2v) is 6.55. The molecule has 0 bridgehead atoms. The summed E-state index contributed by atoms with van der Waals surface area (Å²) in [5, 5.41) is 0. The summed E-state index contributed by atoms with van der Waals surface area (Å²) in [6, 6.07) is 7.54. The van der Waals surface area contributed by atoms with Gasteiger partial charge in [-0.1, -0.05) is 0 Å². The van der Waals surface area contributed by atoms with Crippen molar-refractivity contribution in [2.24, 2.45) is 4.99 Å². The van der Waals surface area contributed by atoms with Crippen LogP contribution in [0.3, 0.4) is 0 Å². The molecular formula is C17H26N2O3S. The number of hydrogen-bond acceptors (Lipinski definition) is 5. The minimum absolute atomic E-state index is 0.314. The molecule has 0 spiro atoms. The normalized spacial score (nSPS) is 11.5. The second-order valence-electron chi connectivity index (χ2n) is 5.87. The molecular weight excluding hydrogens is 312 g/mol. The largest absolute Gasteiger partial charge is 0.492 e. The number of nitrogens with zero attached hydrogens (tertiary/aromatic N) is 2. The fraction of sp³-hybridized carbons (Fsp3) is 0.529. The van der Waals surface area contributed by atoms with Gasteiger partial charge in [0.2, 0.25) is 0 Å². The molecule has 0 aromatic heterocycles. The van der Waals surface area contributed by atoms with E-state index in [9.17, 15) is 4.79 Å². The Bertz CT molecular complexity index is 510. The van der Waals surface area contributed by atoms with Gasteiger partial charge in [0, 0.05) is 6.54 Å². The van der Waals surface area contributed by atoms with Gasteiger partial charge in [-0.15, -0.1) is 11.8 Å². The first-order valence-electron chi connectivity index (χ1n) is 7.62. The number of ether oxygens (including phenoxy) is 2. The highest BCUT2D eigenvalue weighted by Gasteiger charge is 2.20. The highest BCUT2D eigenvalue weighted by molar-refractivity contribution is 8.11. The molecule has 0 unspecified atom stereocenters. The van der Waals surface area contributed by atoms with E-state index in [0.29, 0.717) is 19.7 Å². The number of thioether (sulfide) groups is 1. The predicted octanol–water partition coefficient (Wildman–Crippen LogP) is 4.35. The summed E-state index contributed by atoms with van der Waals surface area (Å²) in [6.45, 7) is 8.98. The molecule has 0 saturated carbocycles. The third-order valence-corrected chi connectivity index (χ3v) is 3.12. The lowest BCUT2D eigenvalue weighted by atomic mass is 10.2. The predicted molar refractivity (Wildman–Crippen MR) is 97.1 cm³/mol. The van der Waals surface area contributed by atoms with Crippen molar-refractivity contribution in [2.75, 3.05) is 26.0 Å². The van der Waals surface area contributed by atoms with Crippen LogP contribution in [-0.2, 0) is 4.74 Å². The molecule has 0 atom stereocenters. The van der Waals surface area contributed by atoms with Gasteiger partial charge in [0.15, 0.2) is 0 Å². The SMILES string of the molecule is CCN(CCOc1ccc(N=CSC)cc1)C(=O)OC(C)(C)C. The molecule has 0 heterocycles. The molecule has 0 fully saturated rings. The Morgan fingerprint density at radius 2 is 1.96 bits per heavy atom. The van der Waals surface area contributed by atoms with E-state index in [1.165, 1.54) is 0 Å². The van der Waals surface area contributed by atoms with Crippen molar-refractivity contribution in [3.63, 3.8) is 0 Å². The monoisotopic (exact) mass is 338 g/mol. The quantitative estimate of drug-likeness (QED) is 0.548. The fourth-order valence-corrected chi connectivity index (χ4v) is 1.95. The fourth-order valence-electron chi connectivity index (χ4n) is 1.72. The Kier molecular flexibility index (Phi) is 7.95. The van der Waals surface area contributed by atoms with Gasteiger partial charge in [-0.3, -0.25) is 4.99 Å². The lowest BCUT2D eigenvalue weighted by Gasteiger charge is -2.26. The molecule has 23 heavy (non-hydrogen) atoms. The minimum Gasteiger partial charge on any atom is -0.492 e. The Hall–Kier alpha value is -1.69. The Morgan fingerprint density at radius 3 is 2.48 bits per heavy atom. The van der Waals surface area contributed by atoms with E-state index < -0.39 is 5.60 Å². The average molecular weight is 338 g/mol. The first kappa shape index (κ1) is 19.4. The molecule has 0 N–H and O–H groups in total. The number of benzene rings is 1. The number of amides is 1. The molecule has 1 rings (SSSR count). The zero-order valence-corrected chi connectivity index (χ0v) is 15.4. The maximum atomic E-state index is 12.0. The number of rotatable bonds is 7. The van der Waals surface area contributed by atoms with Gasteiger partial charge in [-0.2, -0.15) is 0 Å². The van der Waals surface area contributed by atoms with Gasteiger partial charge in [-0.05, 0) is 58.2 Å². The van der Waals surface area contributed by atoms with E-state index in [1.807, 2.05) is 58.2 Å². The van der Waals surface area contributed by atoms with E-state index in [2.05, 4.69) is 4.99 Å². The average Bonchev–Trinajstić information content (AvgIpc) is 2.49. The van der Waals surface area contributed by atoms with Gasteiger partial charge in [0.05, 0.1) is 17.8 Å². The Labute approximate surface area is 143 Å². The van der Waals surface area contributed by atoms with Crippen molar-refractivity contribution in [3.8, 4) is 5.75 Å². The van der Waals surface area contributed by atoms with E-state index in [1.54, 1.807) is 22.2 Å². The number of carbonyl (C=O) groups is 1. The molecule has 0 saturated heterocycles. The van der Waals surface area contributed by atoms with Crippen molar-refractivity contribution in [1.82, 2.24) is 4.90 Å². The van der Waals surface area contributed by atoms with Crippen LogP contribution in [0.4, 0.5) is 10.5 Å². The van der Waals surface area contributed by atoms with Crippen LogP contribution < -0.4 is 4.74 Å². The van der Waals surface area contributed by atoms with Crippen molar-refractivity contribution >= 4 is 29.1 Å². The standard InChI is InChI=1S/C17H26N2O3S/c1-6-19(16(20)22-17(2,3)4)11-12-21-15-9-7-14(8-10-15)18-13-23-5/h7-10,13H,6,11-12H2,1-5H3. The van der Waals surface area contributed by atoms with Crippen LogP contribution in [0.5, 0.6) is 5.75 Å². The molecule has 128 valence electrons. The second kappa shape index (κ2) is 9.45. The first-order valence-corrected chi connectivity index (χ1v) is 8.90. The highest BCUT2D eigenvalue weighted by atomic mass is 32.2. The summed E-state index contributed by atoms with van der Waals surface area (Å²) >= 11 is 1.55. The lowest BCUT2D eigenvalue weighted by Crippen LogP contribution is -2.38. The number of aliphatic imine (C=N–C) groups is 1. The summed E-state index contributed by atoms with van der Waals surface area (Å²) in [7, 11) is 0. The number of hydrogen-bond donors (Lipinski definition) is 0. The summed E-state index contributed by atoms with van der Waals surface area (Å²) in [5.74, 6) is 0.758. The Morgan fingerprint density at radius 1 is 1.30 bits per heavy atom. The smallest absolute Gasteiger partial charge is 0.410 e. The maximum absolute atomic E-state index is 12.0. The number of likely N-dealkylation sites (N-methyl/N-ethyl adjacent to an activating group) is 1. The molecule has 1 aromatic carbocycles. The molecule has 0 aliphatic carbocycles. The lowest BCUT2D eigenvalue weighted by molar-refractivity contribution is 0.0237. The van der Waals surface area contributed by atoms with Crippen molar-refractivity contribution < 1.29 is 14.3 Å². The zero-order chi connectivity index (χ0) is 17.3. The molecule has 1 amide bonds. The molecule has 5 nitrogen and oxygen atoms in total. The Balaban J connectivity index is 2.45. The molecule has 0 radical (unpaired) electrons. The van der Waals surface area contributed by atoms with Gasteiger partial charge >= 0.3 is 6.09 Å². The van der Waals surface area contributed by atoms with Crippen LogP contribution >= 0.6 is 11.8 Å². The van der Waals surface area contributed by atoms with Crippen molar-refractivity contribution in [1.29, 1.82) is 0 Å². The van der Waals surface area contributed by atoms with Crippen LogP contribution in [0.2, 0.25) is 0 Å². The van der Waals surface area contributed by atoms with E-state index in [0.717, 1.165) is 11.4 Å². The van der Waals surface area contributed by atoms with Crippen LogP contribution in [0.15, 0.2) is 29.3 Å². The summed E-state index contributed by atoms with van der Waals surface area (Å²) in [4.78, 5) is 17.9. The first-order chi connectivity index (χ1) is 10.9. The summed E-state index contributed by atoms with van der Waals surface area (Å²) < 4.78 is 11.0. The molecule has 6 heteroatoms. The van der Waals surface area contributed by atoms with E-state index >= 15 is 0 Å².